The molecule has 68 heavy (non-hydrogen) atoms. The molecule has 1 aliphatic rings. The number of aliphatic hydroxyl groups is 1. The van der Waals surface area contributed by atoms with Crippen molar-refractivity contribution in [3.63, 3.8) is 0 Å². The fraction of sp³-hybridized carbons (Fsp3) is 0.380. The van der Waals surface area contributed by atoms with E-state index < -0.39 is 6.61 Å². The van der Waals surface area contributed by atoms with Gasteiger partial charge in [-0.05, 0) is 60.7 Å². The number of phenols is 1. The Bertz CT molecular complexity index is 2740. The number of halogens is 2. The van der Waals surface area contributed by atoms with Crippen LogP contribution in [-0.2, 0) is 40.3 Å². The molecule has 0 unspecified atom stereocenters. The zero-order valence-electron chi connectivity index (χ0n) is 38.2. The Balaban J connectivity index is 0.729. The molecule has 358 valence electrons. The highest BCUT2D eigenvalue weighted by atomic mass is 35.5. The molecule has 0 saturated heterocycles. The number of nitrogens with two attached hydrogens (primary N) is 1. The summed E-state index contributed by atoms with van der Waals surface area (Å²) in [6.07, 6.45) is 14.8. The molecule has 0 bridgehead atoms. The molecule has 16 nitrogen and oxygen atoms in total. The first-order chi connectivity index (χ1) is 32.9. The molecule has 7 rings (SSSR count). The molecular formula is C50H58Cl2N10O6. The third kappa shape index (κ3) is 12.1. The van der Waals surface area contributed by atoms with Crippen molar-refractivity contribution in [3.8, 4) is 39.3 Å². The molecule has 4 aromatic heterocycles. The predicted molar refractivity (Wildman–Crippen MR) is 264 cm³/mol. The fourth-order valence-corrected chi connectivity index (χ4v) is 9.13. The van der Waals surface area contributed by atoms with Gasteiger partial charge in [-0.1, -0.05) is 86.8 Å². The Hall–Kier alpha value is -6.49. The number of aromatic amines is 1. The Kier molecular flexibility index (Phi) is 17.1. The zero-order valence-corrected chi connectivity index (χ0v) is 39.7. The first-order valence-corrected chi connectivity index (χ1v) is 24.0. The van der Waals surface area contributed by atoms with Gasteiger partial charge in [-0.15, -0.1) is 0 Å². The minimum atomic E-state index is -0.554. The average Bonchev–Trinajstić information content (AvgIpc) is 3.98. The van der Waals surface area contributed by atoms with E-state index in [4.69, 9.17) is 28.9 Å². The highest BCUT2D eigenvalue weighted by Crippen LogP contribution is 2.42. The van der Waals surface area contributed by atoms with Crippen LogP contribution in [0.25, 0.3) is 44.4 Å². The summed E-state index contributed by atoms with van der Waals surface area (Å²) in [5, 5.41) is 34.1. The number of fused-ring (bicyclic) bond motifs is 3. The number of aliphatic hydroxyl groups excluding tert-OH is 1. The number of hydrogen-bond acceptors (Lipinski definition) is 10. The molecule has 0 aliphatic carbocycles. The molecule has 8 N–H and O–H groups in total. The van der Waals surface area contributed by atoms with Gasteiger partial charge in [0.05, 0.1) is 21.3 Å². The number of pyridine rings is 2. The summed E-state index contributed by atoms with van der Waals surface area (Å²) in [5.41, 5.74) is 14.8. The monoisotopic (exact) mass is 964 g/mol. The van der Waals surface area contributed by atoms with Crippen LogP contribution >= 0.6 is 23.2 Å². The van der Waals surface area contributed by atoms with E-state index in [-0.39, 0.29) is 48.2 Å². The number of aromatic hydroxyl groups is 1. The van der Waals surface area contributed by atoms with E-state index in [0.717, 1.165) is 101 Å². The van der Waals surface area contributed by atoms with Crippen LogP contribution in [-0.4, -0.2) is 96.3 Å². The fourth-order valence-electron chi connectivity index (χ4n) is 8.73. The minimum Gasteiger partial charge on any atom is -0.508 e. The highest BCUT2D eigenvalue weighted by molar-refractivity contribution is 6.45. The maximum absolute atomic E-state index is 12.8. The second-order valence-corrected chi connectivity index (χ2v) is 17.7. The number of carbonyl (C=O) groups is 4. The molecule has 0 saturated carbocycles. The molecule has 0 radical (unpaired) electrons. The molecule has 5 heterocycles. The van der Waals surface area contributed by atoms with Gasteiger partial charge in [-0.2, -0.15) is 5.10 Å². The van der Waals surface area contributed by atoms with Crippen LogP contribution in [0.4, 0.5) is 5.82 Å². The molecule has 1 aliphatic heterocycles. The van der Waals surface area contributed by atoms with Gasteiger partial charge >= 0.3 is 0 Å². The van der Waals surface area contributed by atoms with Crippen molar-refractivity contribution in [1.82, 2.24) is 45.6 Å². The number of nitrogens with zero attached hydrogens (tertiary/aromatic N) is 5. The molecule has 2 aromatic carbocycles. The summed E-state index contributed by atoms with van der Waals surface area (Å²) in [6, 6.07) is 13.9. The van der Waals surface area contributed by atoms with Crippen LogP contribution < -0.4 is 21.7 Å². The van der Waals surface area contributed by atoms with E-state index in [0.29, 0.717) is 72.5 Å². The summed E-state index contributed by atoms with van der Waals surface area (Å²) in [4.78, 5) is 64.0. The Morgan fingerprint density at radius 1 is 0.824 bits per heavy atom. The number of hydrogen-bond donors (Lipinski definition) is 7. The number of nitrogens with one attached hydrogen (secondary N) is 4. The SMILES string of the molecule is CCc1c(-c2ccc(C(=O)NCCNC(=O)CCCCCCCCCCNC(=O)Cn3ccc(-c4cc(Cl)c(Cl)c5[nH]c6c(c45)CN(C(=O)CO)CC6)n3)nc2)cnc(N)c1-c1ccc(O)cc1. The molecule has 18 heteroatoms. The number of benzene rings is 2. The molecule has 0 fully saturated rings. The van der Waals surface area contributed by atoms with Gasteiger partial charge in [0, 0.05) is 103 Å². The summed E-state index contributed by atoms with van der Waals surface area (Å²) in [6.45, 7) is 3.53. The van der Waals surface area contributed by atoms with Gasteiger partial charge in [-0.25, -0.2) is 4.98 Å². The van der Waals surface area contributed by atoms with Crippen molar-refractivity contribution in [2.45, 2.75) is 90.6 Å². The number of phenolic OH excluding ortho intramolecular Hbond substituents is 1. The summed E-state index contributed by atoms with van der Waals surface area (Å²) in [7, 11) is 0. The lowest BCUT2D eigenvalue weighted by Gasteiger charge is -2.26. The maximum atomic E-state index is 12.8. The van der Waals surface area contributed by atoms with Gasteiger partial charge in [0.2, 0.25) is 17.7 Å². The van der Waals surface area contributed by atoms with Crippen LogP contribution in [0.2, 0.25) is 10.0 Å². The standard InChI is InChI=1S/C50H58Cl2N10O6/c1-2-34-36(27-58-49(53)45(34)31-12-15-33(64)16-13-31)32-14-17-41(57-26-32)50(68)56-22-21-55-42(65)11-9-7-5-3-4-6-8-10-20-54-43(66)29-62-24-19-40(60-62)35-25-38(51)47(52)48-46(35)37-28-61(44(67)30-63)23-18-39(37)59-48/h12-17,19,24-27,59,63-64H,2-11,18,20-23,28-30H2,1H3,(H2,53,58)(H,54,66)(H,55,65)(H,56,68). The Morgan fingerprint density at radius 2 is 1.53 bits per heavy atom. The largest absolute Gasteiger partial charge is 0.508 e. The molecular weight excluding hydrogens is 908 g/mol. The summed E-state index contributed by atoms with van der Waals surface area (Å²) >= 11 is 13.1. The third-order valence-corrected chi connectivity index (χ3v) is 13.1. The van der Waals surface area contributed by atoms with Crippen molar-refractivity contribution < 1.29 is 29.4 Å². The number of rotatable bonds is 22. The number of unbranched alkanes of at least 4 members (excludes halogenated alkanes) is 7. The lowest BCUT2D eigenvalue weighted by atomic mass is 9.92. The first kappa shape index (κ1) is 49.4. The normalized spacial score (nSPS) is 12.3. The summed E-state index contributed by atoms with van der Waals surface area (Å²) in [5.74, 6) is -0.282. The van der Waals surface area contributed by atoms with Gasteiger partial charge in [0.25, 0.3) is 5.91 Å². The smallest absolute Gasteiger partial charge is 0.269 e. The van der Waals surface area contributed by atoms with Crippen molar-refractivity contribution in [3.05, 3.63) is 99.7 Å². The van der Waals surface area contributed by atoms with E-state index >= 15 is 0 Å². The van der Waals surface area contributed by atoms with Gasteiger partial charge < -0.3 is 41.8 Å². The van der Waals surface area contributed by atoms with Crippen molar-refractivity contribution in [1.29, 1.82) is 0 Å². The molecule has 6 aromatic rings. The van der Waals surface area contributed by atoms with E-state index in [2.05, 4.69) is 36.0 Å². The second kappa shape index (κ2) is 23.5. The third-order valence-electron chi connectivity index (χ3n) is 12.3. The zero-order chi connectivity index (χ0) is 48.2. The van der Waals surface area contributed by atoms with Gasteiger partial charge in [-0.3, -0.25) is 28.8 Å². The van der Waals surface area contributed by atoms with Crippen molar-refractivity contribution in [2.75, 3.05) is 38.5 Å². The maximum Gasteiger partial charge on any atom is 0.269 e. The first-order valence-electron chi connectivity index (χ1n) is 23.2. The van der Waals surface area contributed by atoms with Crippen LogP contribution in [0.5, 0.6) is 5.75 Å². The Morgan fingerprint density at radius 3 is 2.25 bits per heavy atom. The van der Waals surface area contributed by atoms with Crippen molar-refractivity contribution in [2.24, 2.45) is 0 Å². The van der Waals surface area contributed by atoms with Crippen LogP contribution in [0, 0.1) is 0 Å². The minimum absolute atomic E-state index is 0.0400. The molecule has 0 atom stereocenters. The van der Waals surface area contributed by atoms with Crippen LogP contribution in [0.15, 0.2) is 67.1 Å². The van der Waals surface area contributed by atoms with Crippen LogP contribution in [0.3, 0.4) is 0 Å². The quantitative estimate of drug-likeness (QED) is 0.0334. The number of H-pyrrole nitrogens is 1. The Labute approximate surface area is 405 Å². The van der Waals surface area contributed by atoms with Gasteiger partial charge in [0.15, 0.2) is 0 Å². The number of aromatic nitrogens is 5. The number of nitrogen functional groups attached to an aromatic ring is 1. The lowest BCUT2D eigenvalue weighted by Crippen LogP contribution is -2.37. The molecule has 0 spiro atoms. The summed E-state index contributed by atoms with van der Waals surface area (Å²) < 4.78 is 1.59. The number of anilines is 1. The van der Waals surface area contributed by atoms with E-state index in [9.17, 15) is 29.4 Å². The van der Waals surface area contributed by atoms with Gasteiger partial charge in [0.1, 0.15) is 30.4 Å². The van der Waals surface area contributed by atoms with E-state index in [1.165, 1.54) is 0 Å². The van der Waals surface area contributed by atoms with Crippen molar-refractivity contribution >= 4 is 63.6 Å². The molecule has 4 amide bonds. The lowest BCUT2D eigenvalue weighted by molar-refractivity contribution is -0.135. The topological polar surface area (TPSA) is 233 Å². The highest BCUT2D eigenvalue weighted by Gasteiger charge is 2.28. The predicted octanol–water partition coefficient (Wildman–Crippen LogP) is 7.36. The number of carbonyl (C=O) groups excluding carboxylic acids is 4. The van der Waals surface area contributed by atoms with Crippen LogP contribution in [0.1, 0.15) is 92.0 Å². The average molecular weight is 966 g/mol. The van der Waals surface area contributed by atoms with E-state index in [1.807, 2.05) is 19.1 Å². The second-order valence-electron chi connectivity index (χ2n) is 17.0. The number of amides is 4. The van der Waals surface area contributed by atoms with E-state index in [1.54, 1.807) is 64.6 Å².